The molecule has 2 rings (SSSR count). The molecule has 2 N–H and O–H groups in total. The van der Waals surface area contributed by atoms with E-state index in [1.807, 2.05) is 4.68 Å². The summed E-state index contributed by atoms with van der Waals surface area (Å²) < 4.78 is 2.02. The number of nitrogens with two attached hydrogens (primary N) is 1. The minimum absolute atomic E-state index is 0.282. The van der Waals surface area contributed by atoms with Gasteiger partial charge in [0.15, 0.2) is 0 Å². The fourth-order valence-corrected chi connectivity index (χ4v) is 1.85. The van der Waals surface area contributed by atoms with Gasteiger partial charge in [0, 0.05) is 18.5 Å². The SMILES string of the molecule is CC(C)n1nnc2c1CCC(N)C2. The van der Waals surface area contributed by atoms with Crippen molar-refractivity contribution < 1.29 is 0 Å². The van der Waals surface area contributed by atoms with E-state index in [0.29, 0.717) is 6.04 Å². The highest BCUT2D eigenvalue weighted by molar-refractivity contribution is 5.16. The van der Waals surface area contributed by atoms with E-state index in [9.17, 15) is 0 Å². The van der Waals surface area contributed by atoms with E-state index in [1.54, 1.807) is 0 Å². The van der Waals surface area contributed by atoms with Crippen molar-refractivity contribution >= 4 is 0 Å². The molecule has 1 atom stereocenters. The maximum Gasteiger partial charge on any atom is 0.0874 e. The third-order valence-corrected chi connectivity index (χ3v) is 2.57. The van der Waals surface area contributed by atoms with Crippen LogP contribution in [0.15, 0.2) is 0 Å². The summed E-state index contributed by atoms with van der Waals surface area (Å²) in [5.74, 6) is 0. The number of hydrogen-bond acceptors (Lipinski definition) is 3. The Morgan fingerprint density at radius 2 is 2.31 bits per heavy atom. The van der Waals surface area contributed by atoms with Crippen molar-refractivity contribution in [3.63, 3.8) is 0 Å². The first kappa shape index (κ1) is 8.69. The zero-order chi connectivity index (χ0) is 9.42. The normalized spacial score (nSPS) is 22.0. The van der Waals surface area contributed by atoms with Crippen molar-refractivity contribution in [2.75, 3.05) is 0 Å². The molecule has 1 aromatic heterocycles. The second-order valence-electron chi connectivity index (χ2n) is 4.02. The average Bonchev–Trinajstić information content (AvgIpc) is 2.46. The Kier molecular flexibility index (Phi) is 2.07. The summed E-state index contributed by atoms with van der Waals surface area (Å²) in [6.07, 6.45) is 2.98. The number of rotatable bonds is 1. The van der Waals surface area contributed by atoms with Crippen LogP contribution in [-0.4, -0.2) is 21.0 Å². The molecule has 4 nitrogen and oxygen atoms in total. The lowest BCUT2D eigenvalue weighted by atomic mass is 9.96. The smallest absolute Gasteiger partial charge is 0.0874 e. The van der Waals surface area contributed by atoms with Crippen LogP contribution in [-0.2, 0) is 12.8 Å². The van der Waals surface area contributed by atoms with Crippen LogP contribution in [0.1, 0.15) is 37.7 Å². The fourth-order valence-electron chi connectivity index (χ4n) is 1.85. The molecule has 1 aromatic rings. The van der Waals surface area contributed by atoms with Crippen LogP contribution in [0.2, 0.25) is 0 Å². The number of nitrogens with zero attached hydrogens (tertiary/aromatic N) is 3. The molecule has 1 unspecified atom stereocenters. The molecule has 1 heterocycles. The molecule has 0 saturated heterocycles. The second-order valence-corrected chi connectivity index (χ2v) is 4.02. The minimum atomic E-state index is 0.282. The molecule has 0 saturated carbocycles. The molecule has 0 spiro atoms. The maximum absolute atomic E-state index is 5.86. The van der Waals surface area contributed by atoms with Crippen molar-refractivity contribution in [3.8, 4) is 0 Å². The summed E-state index contributed by atoms with van der Waals surface area (Å²) >= 11 is 0. The monoisotopic (exact) mass is 180 g/mol. The van der Waals surface area contributed by atoms with E-state index in [0.717, 1.165) is 25.0 Å². The highest BCUT2D eigenvalue weighted by Crippen LogP contribution is 2.20. The van der Waals surface area contributed by atoms with E-state index >= 15 is 0 Å². The molecule has 4 heteroatoms. The van der Waals surface area contributed by atoms with Crippen LogP contribution in [0.25, 0.3) is 0 Å². The zero-order valence-electron chi connectivity index (χ0n) is 8.20. The van der Waals surface area contributed by atoms with Crippen LogP contribution in [0.4, 0.5) is 0 Å². The minimum Gasteiger partial charge on any atom is -0.327 e. The molecule has 1 aliphatic carbocycles. The Morgan fingerprint density at radius 3 is 3.00 bits per heavy atom. The lowest BCUT2D eigenvalue weighted by molar-refractivity contribution is 0.476. The van der Waals surface area contributed by atoms with E-state index < -0.39 is 0 Å². The summed E-state index contributed by atoms with van der Waals surface area (Å²) in [5.41, 5.74) is 8.25. The van der Waals surface area contributed by atoms with E-state index in [1.165, 1.54) is 5.69 Å². The summed E-state index contributed by atoms with van der Waals surface area (Å²) in [5, 5.41) is 8.30. The van der Waals surface area contributed by atoms with Gasteiger partial charge in [0.2, 0.25) is 0 Å². The van der Waals surface area contributed by atoms with Gasteiger partial charge >= 0.3 is 0 Å². The van der Waals surface area contributed by atoms with Crippen molar-refractivity contribution in [3.05, 3.63) is 11.4 Å². The fraction of sp³-hybridized carbons (Fsp3) is 0.778. The lowest BCUT2D eigenvalue weighted by Crippen LogP contribution is -2.28. The summed E-state index contributed by atoms with van der Waals surface area (Å²) in [6.45, 7) is 4.26. The van der Waals surface area contributed by atoms with Crippen molar-refractivity contribution in [1.82, 2.24) is 15.0 Å². The Bertz CT molecular complexity index is 303. The molecule has 13 heavy (non-hydrogen) atoms. The number of aromatic nitrogens is 3. The number of hydrogen-bond donors (Lipinski definition) is 1. The van der Waals surface area contributed by atoms with Crippen LogP contribution in [0.5, 0.6) is 0 Å². The highest BCUT2D eigenvalue weighted by Gasteiger charge is 2.22. The first-order valence-electron chi connectivity index (χ1n) is 4.87. The van der Waals surface area contributed by atoms with Crippen molar-refractivity contribution in [1.29, 1.82) is 0 Å². The predicted molar refractivity (Wildman–Crippen MR) is 50.4 cm³/mol. The first-order chi connectivity index (χ1) is 6.18. The van der Waals surface area contributed by atoms with Gasteiger partial charge in [-0.2, -0.15) is 0 Å². The molecule has 0 aromatic carbocycles. The lowest BCUT2D eigenvalue weighted by Gasteiger charge is -2.18. The topological polar surface area (TPSA) is 56.7 Å². The van der Waals surface area contributed by atoms with Gasteiger partial charge < -0.3 is 5.73 Å². The second kappa shape index (κ2) is 3.10. The maximum atomic E-state index is 5.86. The Labute approximate surface area is 78.1 Å². The Hall–Kier alpha value is -0.900. The van der Waals surface area contributed by atoms with Crippen LogP contribution < -0.4 is 5.73 Å². The standard InChI is InChI=1S/C9H16N4/c1-6(2)13-9-4-3-7(10)5-8(9)11-12-13/h6-7H,3-5,10H2,1-2H3. The molecule has 0 aliphatic heterocycles. The quantitative estimate of drug-likeness (QED) is 0.691. The molecule has 72 valence electrons. The number of fused-ring (bicyclic) bond motifs is 1. The molecular weight excluding hydrogens is 164 g/mol. The molecule has 0 radical (unpaired) electrons. The van der Waals surface area contributed by atoms with Gasteiger partial charge in [-0.1, -0.05) is 5.21 Å². The van der Waals surface area contributed by atoms with E-state index in [4.69, 9.17) is 5.73 Å². The Morgan fingerprint density at radius 1 is 1.54 bits per heavy atom. The van der Waals surface area contributed by atoms with Gasteiger partial charge in [-0.25, -0.2) is 4.68 Å². The summed E-state index contributed by atoms with van der Waals surface area (Å²) in [7, 11) is 0. The molecular formula is C9H16N4. The molecule has 0 fully saturated rings. The molecule has 1 aliphatic rings. The van der Waals surface area contributed by atoms with Crippen molar-refractivity contribution in [2.24, 2.45) is 5.73 Å². The van der Waals surface area contributed by atoms with Crippen LogP contribution in [0, 0.1) is 0 Å². The van der Waals surface area contributed by atoms with Gasteiger partial charge in [-0.05, 0) is 26.7 Å². The van der Waals surface area contributed by atoms with Gasteiger partial charge in [-0.3, -0.25) is 0 Å². The Balaban J connectivity index is 2.33. The summed E-state index contributed by atoms with van der Waals surface area (Å²) in [6, 6.07) is 0.690. The van der Waals surface area contributed by atoms with E-state index in [-0.39, 0.29) is 6.04 Å². The van der Waals surface area contributed by atoms with Gasteiger partial charge in [0.1, 0.15) is 0 Å². The average molecular weight is 180 g/mol. The predicted octanol–water partition coefficient (Wildman–Crippen LogP) is 0.675. The first-order valence-corrected chi connectivity index (χ1v) is 4.87. The third kappa shape index (κ3) is 1.46. The van der Waals surface area contributed by atoms with Gasteiger partial charge in [0.25, 0.3) is 0 Å². The third-order valence-electron chi connectivity index (χ3n) is 2.57. The van der Waals surface area contributed by atoms with E-state index in [2.05, 4.69) is 24.2 Å². The molecule has 0 bridgehead atoms. The van der Waals surface area contributed by atoms with Crippen molar-refractivity contribution in [2.45, 2.75) is 45.2 Å². The van der Waals surface area contributed by atoms with Gasteiger partial charge in [-0.15, -0.1) is 5.10 Å². The zero-order valence-corrected chi connectivity index (χ0v) is 8.20. The largest absolute Gasteiger partial charge is 0.327 e. The van der Waals surface area contributed by atoms with Crippen LogP contribution in [0.3, 0.4) is 0 Å². The summed E-state index contributed by atoms with van der Waals surface area (Å²) in [4.78, 5) is 0. The van der Waals surface area contributed by atoms with Gasteiger partial charge in [0.05, 0.1) is 11.4 Å². The van der Waals surface area contributed by atoms with Crippen LogP contribution >= 0.6 is 0 Å². The molecule has 0 amide bonds. The highest BCUT2D eigenvalue weighted by atomic mass is 15.4.